The Kier molecular flexibility index (Phi) is 4.94. The second-order valence-electron chi connectivity index (χ2n) is 6.75. The van der Waals surface area contributed by atoms with Crippen LogP contribution in [-0.2, 0) is 23.8 Å². The van der Waals surface area contributed by atoms with E-state index in [1.807, 2.05) is 37.5 Å². The molecule has 1 aromatic carbocycles. The van der Waals surface area contributed by atoms with Gasteiger partial charge in [-0.3, -0.25) is 9.48 Å². The minimum Gasteiger partial charge on any atom is -0.304 e. The molecule has 0 unspecified atom stereocenters. The summed E-state index contributed by atoms with van der Waals surface area (Å²) >= 11 is 0. The van der Waals surface area contributed by atoms with Crippen LogP contribution >= 0.6 is 0 Å². The molecule has 0 aliphatic heterocycles. The second-order valence-corrected chi connectivity index (χ2v) is 6.75. The molecule has 0 aliphatic carbocycles. The van der Waals surface area contributed by atoms with Gasteiger partial charge in [0.05, 0.1) is 12.2 Å². The Balaban J connectivity index is 2.42. The number of anilines is 1. The highest BCUT2D eigenvalue weighted by molar-refractivity contribution is 6.01. The Hall–Kier alpha value is -2.80. The van der Waals surface area contributed by atoms with Gasteiger partial charge in [-0.1, -0.05) is 33.3 Å². The molecule has 0 saturated heterocycles. The third-order valence-electron chi connectivity index (χ3n) is 3.73. The van der Waals surface area contributed by atoms with E-state index < -0.39 is 0 Å². The molecule has 2 rings (SSSR count). The van der Waals surface area contributed by atoms with E-state index in [-0.39, 0.29) is 11.3 Å². The van der Waals surface area contributed by atoms with E-state index in [2.05, 4.69) is 38.4 Å². The van der Waals surface area contributed by atoms with Crippen LogP contribution < -0.4 is 4.90 Å². The summed E-state index contributed by atoms with van der Waals surface area (Å²) in [7, 11) is 1.89. The van der Waals surface area contributed by atoms with Gasteiger partial charge in [0.15, 0.2) is 0 Å². The maximum atomic E-state index is 12.4. The van der Waals surface area contributed by atoms with Crippen LogP contribution in [0.4, 0.5) is 5.69 Å². The van der Waals surface area contributed by atoms with Gasteiger partial charge in [0.2, 0.25) is 0 Å². The van der Waals surface area contributed by atoms with Crippen molar-refractivity contribution in [3.63, 3.8) is 0 Å². The van der Waals surface area contributed by atoms with Crippen molar-refractivity contribution in [2.75, 3.05) is 4.90 Å². The lowest BCUT2D eigenvalue weighted by molar-refractivity contribution is -0.114. The van der Waals surface area contributed by atoms with E-state index in [0.717, 1.165) is 22.5 Å². The Labute approximate surface area is 143 Å². The molecule has 1 amide bonds. The van der Waals surface area contributed by atoms with Crippen molar-refractivity contribution >= 4 is 11.6 Å². The predicted octanol–water partition coefficient (Wildman–Crippen LogP) is 3.42. The van der Waals surface area contributed by atoms with E-state index in [4.69, 9.17) is 6.42 Å². The summed E-state index contributed by atoms with van der Waals surface area (Å²) in [4.78, 5) is 14.1. The zero-order valence-electron chi connectivity index (χ0n) is 14.7. The Bertz CT molecular complexity index is 786. The van der Waals surface area contributed by atoms with Crippen LogP contribution in [0.3, 0.4) is 0 Å². The first-order valence-electron chi connectivity index (χ1n) is 7.80. The summed E-state index contributed by atoms with van der Waals surface area (Å²) in [5.74, 6) is 2.42. The zero-order valence-corrected chi connectivity index (χ0v) is 14.7. The number of amides is 1. The topological polar surface area (TPSA) is 38.1 Å². The number of carbonyl (C=O) groups is 1. The van der Waals surface area contributed by atoms with Crippen molar-refractivity contribution in [1.29, 1.82) is 0 Å². The maximum absolute atomic E-state index is 12.4. The molecule has 2 aromatic rings. The zero-order chi connectivity index (χ0) is 17.9. The van der Waals surface area contributed by atoms with Crippen LogP contribution in [0.15, 0.2) is 43.1 Å². The molecule has 4 heteroatoms. The van der Waals surface area contributed by atoms with Crippen LogP contribution in [0.25, 0.3) is 0 Å². The van der Waals surface area contributed by atoms with Crippen molar-refractivity contribution in [2.24, 2.45) is 7.05 Å². The maximum Gasteiger partial charge on any atom is 0.250 e. The van der Waals surface area contributed by atoms with Gasteiger partial charge in [-0.2, -0.15) is 5.10 Å². The summed E-state index contributed by atoms with van der Waals surface area (Å²) < 4.78 is 1.79. The minimum absolute atomic E-state index is 0.104. The lowest BCUT2D eigenvalue weighted by Gasteiger charge is -2.24. The van der Waals surface area contributed by atoms with E-state index >= 15 is 0 Å². The molecule has 0 radical (unpaired) electrons. The molecule has 124 valence electrons. The number of rotatable bonds is 4. The highest BCUT2D eigenvalue weighted by Gasteiger charge is 2.24. The van der Waals surface area contributed by atoms with Crippen LogP contribution in [-0.4, -0.2) is 15.7 Å². The molecule has 0 saturated carbocycles. The van der Waals surface area contributed by atoms with Gasteiger partial charge in [0.1, 0.15) is 0 Å². The number of terminal acetylenes is 1. The number of hydrogen-bond donors (Lipinski definition) is 0. The fourth-order valence-corrected chi connectivity index (χ4v) is 2.60. The summed E-state index contributed by atoms with van der Waals surface area (Å²) in [5, 5.41) is 4.57. The predicted molar refractivity (Wildman–Crippen MR) is 97.7 cm³/mol. The number of carbonyl (C=O) groups excluding carboxylic acids is 1. The highest BCUT2D eigenvalue weighted by Crippen LogP contribution is 2.27. The SMILES string of the molecule is C#Cc1ccc(N(Cc2cn(C)nc2C(C)(C)C)C(=O)C=C)cc1. The monoisotopic (exact) mass is 321 g/mol. The quantitative estimate of drug-likeness (QED) is 0.639. The Morgan fingerprint density at radius 3 is 2.50 bits per heavy atom. The molecule has 0 bridgehead atoms. The molecule has 24 heavy (non-hydrogen) atoms. The largest absolute Gasteiger partial charge is 0.304 e. The molecule has 4 nitrogen and oxygen atoms in total. The standard InChI is InChI=1S/C20H23N3O/c1-7-15-9-11-17(12-10-15)23(18(24)8-2)14-16-13-22(6)21-19(16)20(3,4)5/h1,8-13H,2,14H2,3-6H3. The van der Waals surface area contributed by atoms with Crippen molar-refractivity contribution in [3.8, 4) is 12.3 Å². The van der Waals surface area contributed by atoms with Crippen molar-refractivity contribution in [3.05, 3.63) is 59.9 Å². The van der Waals surface area contributed by atoms with Crippen molar-refractivity contribution < 1.29 is 4.79 Å². The summed E-state index contributed by atoms with van der Waals surface area (Å²) in [5.41, 5.74) is 3.45. The third-order valence-corrected chi connectivity index (χ3v) is 3.73. The van der Waals surface area contributed by atoms with E-state index in [9.17, 15) is 4.79 Å². The van der Waals surface area contributed by atoms with Gasteiger partial charge in [0.25, 0.3) is 5.91 Å². The smallest absolute Gasteiger partial charge is 0.250 e. The van der Waals surface area contributed by atoms with Crippen molar-refractivity contribution in [2.45, 2.75) is 32.7 Å². The summed E-state index contributed by atoms with van der Waals surface area (Å²) in [6.45, 7) is 10.4. The van der Waals surface area contributed by atoms with Gasteiger partial charge >= 0.3 is 0 Å². The molecule has 0 spiro atoms. The van der Waals surface area contributed by atoms with Crippen LogP contribution in [0.2, 0.25) is 0 Å². The van der Waals surface area contributed by atoms with Crippen LogP contribution in [0.1, 0.15) is 37.6 Å². The minimum atomic E-state index is -0.160. The third kappa shape index (κ3) is 3.75. The fourth-order valence-electron chi connectivity index (χ4n) is 2.60. The van der Waals surface area contributed by atoms with Gasteiger partial charge < -0.3 is 4.90 Å². The van der Waals surface area contributed by atoms with Gasteiger partial charge in [-0.15, -0.1) is 6.42 Å². The fraction of sp³-hybridized carbons (Fsp3) is 0.300. The Morgan fingerprint density at radius 1 is 1.38 bits per heavy atom. The molecule has 1 heterocycles. The number of nitrogens with zero attached hydrogens (tertiary/aromatic N) is 3. The molecule has 0 fully saturated rings. The molecular formula is C20H23N3O. The van der Waals surface area contributed by atoms with Gasteiger partial charge in [-0.05, 0) is 30.3 Å². The summed E-state index contributed by atoms with van der Waals surface area (Å²) in [6.07, 6.45) is 8.68. The number of aryl methyl sites for hydroxylation is 1. The van der Waals surface area contributed by atoms with Crippen molar-refractivity contribution in [1.82, 2.24) is 9.78 Å². The first kappa shape index (κ1) is 17.6. The van der Waals surface area contributed by atoms with Gasteiger partial charge in [0, 0.05) is 35.5 Å². The molecule has 1 aromatic heterocycles. The normalized spacial score (nSPS) is 11.0. The average Bonchev–Trinajstić information content (AvgIpc) is 2.93. The first-order chi connectivity index (χ1) is 11.3. The van der Waals surface area contributed by atoms with Crippen LogP contribution in [0.5, 0.6) is 0 Å². The average molecular weight is 321 g/mol. The highest BCUT2D eigenvalue weighted by atomic mass is 16.2. The van der Waals surface area contributed by atoms with Gasteiger partial charge in [-0.25, -0.2) is 0 Å². The number of benzene rings is 1. The molecular weight excluding hydrogens is 298 g/mol. The lowest BCUT2D eigenvalue weighted by atomic mass is 9.89. The Morgan fingerprint density at radius 2 is 2.00 bits per heavy atom. The van der Waals surface area contributed by atoms with E-state index in [0.29, 0.717) is 6.54 Å². The lowest BCUT2D eigenvalue weighted by Crippen LogP contribution is -2.29. The number of aromatic nitrogens is 2. The second kappa shape index (κ2) is 6.76. The molecule has 0 aliphatic rings. The van der Waals surface area contributed by atoms with E-state index in [1.165, 1.54) is 6.08 Å². The molecule has 0 N–H and O–H groups in total. The van der Waals surface area contributed by atoms with E-state index in [1.54, 1.807) is 9.58 Å². The summed E-state index contributed by atoms with van der Waals surface area (Å²) in [6, 6.07) is 7.35. The number of hydrogen-bond acceptors (Lipinski definition) is 2. The first-order valence-corrected chi connectivity index (χ1v) is 7.80. The van der Waals surface area contributed by atoms with Crippen LogP contribution in [0, 0.1) is 12.3 Å². The molecule has 0 atom stereocenters.